The summed E-state index contributed by atoms with van der Waals surface area (Å²) in [4.78, 5) is 17.1. The molecule has 1 aromatic carbocycles. The molecule has 0 unspecified atom stereocenters. The van der Waals surface area contributed by atoms with Gasteiger partial charge in [-0.15, -0.1) is 10.2 Å². The molecule has 122 valence electrons. The standard InChI is InChI=1S/C15H11Cl2N5OS/c1-22-8-18-21-15(22)24-10-4-2-9(3-5-10)19-14(23)13-11(16)6-7-12(17)20-13/h2-8H,1H3,(H,19,23). The summed E-state index contributed by atoms with van der Waals surface area (Å²) in [5.74, 6) is -0.420. The van der Waals surface area contributed by atoms with Crippen LogP contribution < -0.4 is 5.32 Å². The molecule has 0 aliphatic carbocycles. The summed E-state index contributed by atoms with van der Waals surface area (Å²) < 4.78 is 1.83. The molecule has 0 aliphatic heterocycles. The molecule has 0 saturated carbocycles. The van der Waals surface area contributed by atoms with E-state index < -0.39 is 5.91 Å². The highest BCUT2D eigenvalue weighted by molar-refractivity contribution is 7.99. The van der Waals surface area contributed by atoms with Crippen LogP contribution in [0.5, 0.6) is 0 Å². The molecule has 1 amide bonds. The third kappa shape index (κ3) is 3.87. The van der Waals surface area contributed by atoms with E-state index in [1.807, 2.05) is 23.7 Å². The first kappa shape index (κ1) is 16.8. The van der Waals surface area contributed by atoms with Crippen molar-refractivity contribution in [3.8, 4) is 0 Å². The fourth-order valence-corrected chi connectivity index (χ4v) is 2.95. The van der Waals surface area contributed by atoms with Gasteiger partial charge in [0.15, 0.2) is 5.16 Å². The van der Waals surface area contributed by atoms with Crippen LogP contribution >= 0.6 is 35.0 Å². The average Bonchev–Trinajstić information content (AvgIpc) is 2.96. The van der Waals surface area contributed by atoms with Gasteiger partial charge in [0.25, 0.3) is 5.91 Å². The Labute approximate surface area is 152 Å². The minimum atomic E-state index is -0.420. The zero-order chi connectivity index (χ0) is 17.1. The molecule has 0 fully saturated rings. The highest BCUT2D eigenvalue weighted by Gasteiger charge is 2.13. The molecular formula is C15H11Cl2N5OS. The van der Waals surface area contributed by atoms with Gasteiger partial charge in [0, 0.05) is 17.6 Å². The molecular weight excluding hydrogens is 369 g/mol. The van der Waals surface area contributed by atoms with Crippen molar-refractivity contribution < 1.29 is 4.79 Å². The third-order valence-electron chi connectivity index (χ3n) is 3.02. The number of anilines is 1. The maximum Gasteiger partial charge on any atom is 0.275 e. The van der Waals surface area contributed by atoms with E-state index in [9.17, 15) is 4.79 Å². The lowest BCUT2D eigenvalue weighted by Crippen LogP contribution is -2.14. The largest absolute Gasteiger partial charge is 0.321 e. The van der Waals surface area contributed by atoms with E-state index in [0.717, 1.165) is 10.1 Å². The van der Waals surface area contributed by atoms with Gasteiger partial charge in [0.1, 0.15) is 17.2 Å². The van der Waals surface area contributed by atoms with E-state index in [4.69, 9.17) is 23.2 Å². The van der Waals surface area contributed by atoms with Gasteiger partial charge in [0.2, 0.25) is 0 Å². The summed E-state index contributed by atoms with van der Waals surface area (Å²) in [5, 5.41) is 11.8. The number of aryl methyl sites for hydroxylation is 1. The van der Waals surface area contributed by atoms with E-state index in [-0.39, 0.29) is 15.9 Å². The van der Waals surface area contributed by atoms with Gasteiger partial charge >= 0.3 is 0 Å². The van der Waals surface area contributed by atoms with Crippen LogP contribution in [0.1, 0.15) is 10.5 Å². The predicted octanol–water partition coefficient (Wildman–Crippen LogP) is 3.92. The Hall–Kier alpha value is -2.09. The second-order valence-electron chi connectivity index (χ2n) is 4.77. The number of pyridine rings is 1. The normalized spacial score (nSPS) is 10.6. The Morgan fingerprint density at radius 2 is 1.92 bits per heavy atom. The summed E-state index contributed by atoms with van der Waals surface area (Å²) in [7, 11) is 1.87. The zero-order valence-electron chi connectivity index (χ0n) is 12.4. The SMILES string of the molecule is Cn1cnnc1Sc1ccc(NC(=O)c2nc(Cl)ccc2Cl)cc1. The molecule has 1 N–H and O–H groups in total. The van der Waals surface area contributed by atoms with Crippen molar-refractivity contribution >= 4 is 46.6 Å². The Morgan fingerprint density at radius 3 is 2.58 bits per heavy atom. The number of carbonyl (C=O) groups is 1. The molecule has 24 heavy (non-hydrogen) atoms. The minimum Gasteiger partial charge on any atom is -0.321 e. The number of halogens is 2. The number of benzene rings is 1. The van der Waals surface area contributed by atoms with Crippen LogP contribution in [0.3, 0.4) is 0 Å². The Morgan fingerprint density at radius 1 is 1.17 bits per heavy atom. The fraction of sp³-hybridized carbons (Fsp3) is 0.0667. The van der Waals surface area contributed by atoms with E-state index in [1.165, 1.54) is 23.9 Å². The van der Waals surface area contributed by atoms with Crippen LogP contribution in [0.15, 0.2) is 52.8 Å². The Bertz CT molecular complexity index is 882. The van der Waals surface area contributed by atoms with Gasteiger partial charge in [0.05, 0.1) is 5.02 Å². The second-order valence-corrected chi connectivity index (χ2v) is 6.60. The number of carbonyl (C=O) groups excluding carboxylic acids is 1. The smallest absolute Gasteiger partial charge is 0.275 e. The van der Waals surface area contributed by atoms with E-state index in [1.54, 1.807) is 18.5 Å². The number of hydrogen-bond acceptors (Lipinski definition) is 5. The first-order valence-electron chi connectivity index (χ1n) is 6.78. The molecule has 0 radical (unpaired) electrons. The number of nitrogens with zero attached hydrogens (tertiary/aromatic N) is 4. The topological polar surface area (TPSA) is 72.7 Å². The molecule has 0 spiro atoms. The zero-order valence-corrected chi connectivity index (χ0v) is 14.7. The predicted molar refractivity (Wildman–Crippen MR) is 93.8 cm³/mol. The fourth-order valence-electron chi connectivity index (χ4n) is 1.84. The van der Waals surface area contributed by atoms with Crippen molar-refractivity contribution in [2.75, 3.05) is 5.32 Å². The van der Waals surface area contributed by atoms with Crippen LogP contribution in [0, 0.1) is 0 Å². The van der Waals surface area contributed by atoms with Gasteiger partial charge < -0.3 is 9.88 Å². The van der Waals surface area contributed by atoms with E-state index in [2.05, 4.69) is 20.5 Å². The number of nitrogens with one attached hydrogen (secondary N) is 1. The van der Waals surface area contributed by atoms with Crippen LogP contribution in [0.25, 0.3) is 0 Å². The Balaban J connectivity index is 1.71. The maximum atomic E-state index is 12.2. The van der Waals surface area contributed by atoms with Crippen LogP contribution in [0.2, 0.25) is 10.2 Å². The van der Waals surface area contributed by atoms with Gasteiger partial charge in [-0.25, -0.2) is 4.98 Å². The molecule has 0 aliphatic rings. The maximum absolute atomic E-state index is 12.2. The van der Waals surface area contributed by atoms with Gasteiger partial charge in [-0.05, 0) is 48.2 Å². The molecule has 2 aromatic heterocycles. The quantitative estimate of drug-likeness (QED) is 0.695. The van der Waals surface area contributed by atoms with Crippen molar-refractivity contribution in [3.63, 3.8) is 0 Å². The number of amides is 1. The summed E-state index contributed by atoms with van der Waals surface area (Å²) in [6.45, 7) is 0. The monoisotopic (exact) mass is 379 g/mol. The average molecular weight is 380 g/mol. The van der Waals surface area contributed by atoms with Gasteiger partial charge in [-0.1, -0.05) is 23.2 Å². The molecule has 6 nitrogen and oxygen atoms in total. The molecule has 0 saturated heterocycles. The number of rotatable bonds is 4. The molecule has 0 bridgehead atoms. The molecule has 0 atom stereocenters. The summed E-state index contributed by atoms with van der Waals surface area (Å²) in [5.41, 5.74) is 0.710. The van der Waals surface area contributed by atoms with Crippen molar-refractivity contribution in [1.29, 1.82) is 0 Å². The molecule has 3 aromatic rings. The Kier molecular flexibility index (Phi) is 5.03. The molecule has 3 rings (SSSR count). The van der Waals surface area contributed by atoms with Crippen molar-refractivity contribution in [1.82, 2.24) is 19.7 Å². The minimum absolute atomic E-state index is 0.0849. The summed E-state index contributed by atoms with van der Waals surface area (Å²) in [6, 6.07) is 10.4. The lowest BCUT2D eigenvalue weighted by Gasteiger charge is -2.07. The van der Waals surface area contributed by atoms with Crippen molar-refractivity contribution in [2.24, 2.45) is 7.05 Å². The summed E-state index contributed by atoms with van der Waals surface area (Å²) >= 11 is 13.3. The highest BCUT2D eigenvalue weighted by Crippen LogP contribution is 2.26. The van der Waals surface area contributed by atoms with Gasteiger partial charge in [-0.3, -0.25) is 4.79 Å². The first-order chi connectivity index (χ1) is 11.5. The lowest BCUT2D eigenvalue weighted by atomic mass is 10.3. The molecule has 2 heterocycles. The van der Waals surface area contributed by atoms with Crippen molar-refractivity contribution in [2.45, 2.75) is 10.1 Å². The van der Waals surface area contributed by atoms with Crippen LogP contribution in [0.4, 0.5) is 5.69 Å². The molecule has 9 heteroatoms. The van der Waals surface area contributed by atoms with Gasteiger partial charge in [-0.2, -0.15) is 0 Å². The third-order valence-corrected chi connectivity index (χ3v) is 4.59. The highest BCUT2D eigenvalue weighted by atomic mass is 35.5. The number of aromatic nitrogens is 4. The van der Waals surface area contributed by atoms with Crippen LogP contribution in [-0.4, -0.2) is 25.7 Å². The summed E-state index contributed by atoms with van der Waals surface area (Å²) in [6.07, 6.45) is 1.64. The number of hydrogen-bond donors (Lipinski definition) is 1. The second kappa shape index (κ2) is 7.21. The van der Waals surface area contributed by atoms with E-state index >= 15 is 0 Å². The first-order valence-corrected chi connectivity index (χ1v) is 8.35. The van der Waals surface area contributed by atoms with Crippen LogP contribution in [-0.2, 0) is 7.05 Å². The van der Waals surface area contributed by atoms with Crippen molar-refractivity contribution in [3.05, 3.63) is 58.6 Å². The lowest BCUT2D eigenvalue weighted by molar-refractivity contribution is 0.102. The van der Waals surface area contributed by atoms with E-state index in [0.29, 0.717) is 5.69 Å².